The second-order valence-corrected chi connectivity index (χ2v) is 14.9. The number of pyridine rings is 1. The fourth-order valence-electron chi connectivity index (χ4n) is 6.51. The van der Waals surface area contributed by atoms with Crippen LogP contribution in [0.2, 0.25) is 0 Å². The average Bonchev–Trinajstić information content (AvgIpc) is 3.35. The standard InChI is InChI=1S/C36H47N5O4.H2O4S/c1-36(2,3)38-35(45)32-24-39(22-27-12-9-15-37-21-27)16-17-40(32)23-30(42)19-29(18-26-10-5-4-6-11-26)33(43)25-41-31-14-8-7-13-28(31)20-34(41)44;1-5(2,3)4/h4-15,21,29-30,32,34,42,44H,16-20,22-25H2,1-3H3,(H,38,45);(H2,1,2,3,4)/t29-,30+,32+,34-;/m1./s1. The van der Waals surface area contributed by atoms with E-state index in [1.165, 1.54) is 0 Å². The van der Waals surface area contributed by atoms with Crippen molar-refractivity contribution < 1.29 is 37.3 Å². The van der Waals surface area contributed by atoms with Crippen LogP contribution in [0.15, 0.2) is 79.1 Å². The van der Waals surface area contributed by atoms with Gasteiger partial charge in [0.05, 0.1) is 12.6 Å². The zero-order valence-corrected chi connectivity index (χ0v) is 29.6. The van der Waals surface area contributed by atoms with Crippen molar-refractivity contribution in [3.05, 3.63) is 95.8 Å². The number of aliphatic hydroxyl groups excluding tert-OH is 2. The minimum atomic E-state index is -4.67. The molecule has 50 heavy (non-hydrogen) atoms. The number of nitrogens with one attached hydrogen (secondary N) is 1. The van der Waals surface area contributed by atoms with Gasteiger partial charge in [-0.25, -0.2) is 0 Å². The first-order chi connectivity index (χ1) is 23.6. The lowest BCUT2D eigenvalue weighted by molar-refractivity contribution is -0.132. The molecule has 2 aliphatic rings. The Balaban J connectivity index is 0.00000105. The van der Waals surface area contributed by atoms with E-state index in [2.05, 4.69) is 20.1 Å². The van der Waals surface area contributed by atoms with Crippen molar-refractivity contribution in [3.8, 4) is 0 Å². The van der Waals surface area contributed by atoms with Crippen molar-refractivity contribution in [1.29, 1.82) is 0 Å². The summed E-state index contributed by atoms with van der Waals surface area (Å²) in [5, 5.41) is 25.4. The second kappa shape index (κ2) is 17.4. The maximum atomic E-state index is 13.9. The van der Waals surface area contributed by atoms with Crippen LogP contribution in [-0.4, -0.2) is 111 Å². The topological polar surface area (TPSA) is 184 Å². The van der Waals surface area contributed by atoms with Gasteiger partial charge in [-0.15, -0.1) is 0 Å². The van der Waals surface area contributed by atoms with Crippen LogP contribution in [0.1, 0.15) is 43.9 Å². The van der Waals surface area contributed by atoms with E-state index in [-0.39, 0.29) is 36.7 Å². The number of Topliss-reactive ketones (excluding diaryl/α,β-unsaturated/α-hetero) is 1. The molecular weight excluding hydrogens is 662 g/mol. The summed E-state index contributed by atoms with van der Waals surface area (Å²) in [6.07, 6.45) is 3.29. The summed E-state index contributed by atoms with van der Waals surface area (Å²) in [5.41, 5.74) is 3.64. The molecule has 1 saturated heterocycles. The minimum Gasteiger partial charge on any atom is -0.392 e. The number of para-hydroxylation sites is 1. The van der Waals surface area contributed by atoms with E-state index >= 15 is 0 Å². The summed E-state index contributed by atoms with van der Waals surface area (Å²) in [5.74, 6) is -0.530. The number of hydrogen-bond donors (Lipinski definition) is 5. The monoisotopic (exact) mass is 711 g/mol. The number of piperazine rings is 1. The number of rotatable bonds is 12. The van der Waals surface area contributed by atoms with Crippen molar-refractivity contribution in [2.45, 2.75) is 70.5 Å². The van der Waals surface area contributed by atoms with Crippen molar-refractivity contribution in [2.24, 2.45) is 5.92 Å². The van der Waals surface area contributed by atoms with Crippen molar-refractivity contribution in [3.63, 3.8) is 0 Å². The van der Waals surface area contributed by atoms with Gasteiger partial charge in [0.25, 0.3) is 0 Å². The van der Waals surface area contributed by atoms with Crippen LogP contribution < -0.4 is 10.2 Å². The normalized spacial score (nSPS) is 19.5. The maximum absolute atomic E-state index is 13.9. The highest BCUT2D eigenvalue weighted by Gasteiger charge is 2.36. The first kappa shape index (κ1) is 39.0. The third-order valence-electron chi connectivity index (χ3n) is 8.68. The number of carbonyl (C=O) groups is 2. The summed E-state index contributed by atoms with van der Waals surface area (Å²) >= 11 is 0. The van der Waals surface area contributed by atoms with E-state index in [1.807, 2.05) is 93.7 Å². The molecule has 5 rings (SSSR count). The van der Waals surface area contributed by atoms with Crippen LogP contribution in [0, 0.1) is 5.92 Å². The molecule has 0 aliphatic carbocycles. The number of hydrogen-bond acceptors (Lipinski definition) is 10. The average molecular weight is 712 g/mol. The predicted octanol–water partition coefficient (Wildman–Crippen LogP) is 2.39. The lowest BCUT2D eigenvalue weighted by atomic mass is 9.89. The molecule has 272 valence electrons. The highest BCUT2D eigenvalue weighted by Crippen LogP contribution is 2.31. The minimum absolute atomic E-state index is 0.0167. The Morgan fingerprint density at radius 1 is 0.980 bits per heavy atom. The summed E-state index contributed by atoms with van der Waals surface area (Å²) in [6.45, 7) is 8.86. The molecular formula is C36H49N5O8S. The molecule has 1 amide bonds. The Hall–Kier alpha value is -3.76. The quantitative estimate of drug-likeness (QED) is 0.173. The number of amides is 1. The van der Waals surface area contributed by atoms with E-state index < -0.39 is 34.7 Å². The summed E-state index contributed by atoms with van der Waals surface area (Å²) < 4.78 is 31.6. The van der Waals surface area contributed by atoms with Crippen LogP contribution in [-0.2, 0) is 39.4 Å². The molecule has 2 aromatic carbocycles. The van der Waals surface area contributed by atoms with E-state index in [0.717, 1.165) is 28.9 Å². The van der Waals surface area contributed by atoms with Crippen molar-refractivity contribution in [1.82, 2.24) is 20.1 Å². The molecule has 0 saturated carbocycles. The van der Waals surface area contributed by atoms with Gasteiger partial charge in [0.15, 0.2) is 5.78 Å². The van der Waals surface area contributed by atoms with Crippen molar-refractivity contribution in [2.75, 3.05) is 37.6 Å². The van der Waals surface area contributed by atoms with Crippen LogP contribution in [0.3, 0.4) is 0 Å². The Morgan fingerprint density at radius 3 is 2.30 bits per heavy atom. The fourth-order valence-corrected chi connectivity index (χ4v) is 6.51. The lowest BCUT2D eigenvalue weighted by Crippen LogP contribution is -2.61. The van der Waals surface area contributed by atoms with E-state index in [9.17, 15) is 19.8 Å². The Labute approximate surface area is 294 Å². The van der Waals surface area contributed by atoms with Gasteiger partial charge in [0.2, 0.25) is 5.91 Å². The number of fused-ring (bicyclic) bond motifs is 1. The molecule has 3 heterocycles. The summed E-state index contributed by atoms with van der Waals surface area (Å²) in [6, 6.07) is 21.2. The Bertz CT molecular complexity index is 1650. The number of nitrogens with zero attached hydrogens (tertiary/aromatic N) is 4. The number of benzene rings is 2. The molecule has 13 nitrogen and oxygen atoms in total. The van der Waals surface area contributed by atoms with E-state index in [4.69, 9.17) is 17.5 Å². The molecule has 1 fully saturated rings. The molecule has 0 radical (unpaired) electrons. The van der Waals surface area contributed by atoms with Crippen LogP contribution >= 0.6 is 0 Å². The van der Waals surface area contributed by atoms with Crippen molar-refractivity contribution >= 4 is 27.8 Å². The molecule has 0 bridgehead atoms. The SMILES string of the molecule is CC(C)(C)NC(=O)[C@@H]1CN(Cc2cccnc2)CCN1C[C@@H](O)C[C@@H](Cc1ccccc1)C(=O)CN1c2ccccc2C[C@H]1O.O=S(=O)(O)O. The van der Waals surface area contributed by atoms with Gasteiger partial charge in [-0.2, -0.15) is 8.42 Å². The lowest BCUT2D eigenvalue weighted by Gasteiger charge is -2.42. The van der Waals surface area contributed by atoms with Gasteiger partial charge in [0, 0.05) is 68.7 Å². The van der Waals surface area contributed by atoms with Gasteiger partial charge >= 0.3 is 10.4 Å². The summed E-state index contributed by atoms with van der Waals surface area (Å²) in [4.78, 5) is 37.8. The first-order valence-corrected chi connectivity index (χ1v) is 18.1. The van der Waals surface area contributed by atoms with Gasteiger partial charge in [-0.05, 0) is 62.4 Å². The first-order valence-electron chi connectivity index (χ1n) is 16.7. The zero-order chi connectivity index (χ0) is 36.5. The van der Waals surface area contributed by atoms with Gasteiger partial charge in [0.1, 0.15) is 12.3 Å². The third-order valence-corrected chi connectivity index (χ3v) is 8.68. The van der Waals surface area contributed by atoms with E-state index in [1.54, 1.807) is 11.1 Å². The third kappa shape index (κ3) is 12.5. The van der Waals surface area contributed by atoms with Crippen LogP contribution in [0.25, 0.3) is 0 Å². The number of ketones is 1. The van der Waals surface area contributed by atoms with Crippen LogP contribution in [0.4, 0.5) is 5.69 Å². The highest BCUT2D eigenvalue weighted by molar-refractivity contribution is 7.79. The molecule has 5 N–H and O–H groups in total. The predicted molar refractivity (Wildman–Crippen MR) is 190 cm³/mol. The smallest absolute Gasteiger partial charge is 0.392 e. The summed E-state index contributed by atoms with van der Waals surface area (Å²) in [7, 11) is -4.67. The van der Waals surface area contributed by atoms with Crippen LogP contribution in [0.5, 0.6) is 0 Å². The largest absolute Gasteiger partial charge is 0.394 e. The van der Waals surface area contributed by atoms with E-state index in [0.29, 0.717) is 32.5 Å². The van der Waals surface area contributed by atoms with Gasteiger partial charge in [-0.3, -0.25) is 33.5 Å². The number of carbonyl (C=O) groups excluding carboxylic acids is 2. The number of aromatic nitrogens is 1. The zero-order valence-electron chi connectivity index (χ0n) is 28.8. The molecule has 2 aliphatic heterocycles. The number of aliphatic hydroxyl groups is 2. The van der Waals surface area contributed by atoms with Gasteiger partial charge in [-0.1, -0.05) is 54.6 Å². The molecule has 3 aromatic rings. The maximum Gasteiger partial charge on any atom is 0.394 e. The molecule has 0 spiro atoms. The molecule has 4 atom stereocenters. The number of anilines is 1. The molecule has 14 heteroatoms. The molecule has 0 unspecified atom stereocenters. The fraction of sp³-hybridized carbons (Fsp3) is 0.472. The Kier molecular flexibility index (Phi) is 13.6. The Morgan fingerprint density at radius 2 is 1.64 bits per heavy atom. The number of β-amino-alcohol motifs (C(OH)–C–C–N with tert-alkyl or cyclic N) is 1. The second-order valence-electron chi connectivity index (χ2n) is 14.0. The molecule has 1 aromatic heterocycles. The highest BCUT2D eigenvalue weighted by atomic mass is 32.3. The van der Waals surface area contributed by atoms with Gasteiger partial charge < -0.3 is 20.4 Å².